The molecule has 0 aromatic carbocycles. The van der Waals surface area contributed by atoms with Crippen LogP contribution in [0.15, 0.2) is 0 Å². The Morgan fingerprint density at radius 2 is 1.95 bits per heavy atom. The maximum absolute atomic E-state index is 12.0. The number of likely N-dealkylation sites (N-methyl/N-ethyl adjacent to an activating group) is 1. The Bertz CT molecular complexity index is 284. The highest BCUT2D eigenvalue weighted by molar-refractivity contribution is 5.80. The highest BCUT2D eigenvalue weighted by Gasteiger charge is 2.32. The van der Waals surface area contributed by atoms with Crippen molar-refractivity contribution in [1.29, 1.82) is 0 Å². The summed E-state index contributed by atoms with van der Waals surface area (Å²) in [7, 11) is 1.83. The van der Waals surface area contributed by atoms with Gasteiger partial charge in [0.1, 0.15) is 5.54 Å². The Morgan fingerprint density at radius 1 is 1.29 bits per heavy atom. The summed E-state index contributed by atoms with van der Waals surface area (Å²) in [6, 6.07) is 0. The van der Waals surface area contributed by atoms with E-state index in [9.17, 15) is 4.79 Å². The maximum Gasteiger partial charge on any atom is 0.326 e. The van der Waals surface area contributed by atoms with E-state index in [-0.39, 0.29) is 5.97 Å². The van der Waals surface area contributed by atoms with Crippen LogP contribution in [0.5, 0.6) is 0 Å². The van der Waals surface area contributed by atoms with Gasteiger partial charge in [0.15, 0.2) is 0 Å². The number of nitrogens with zero attached hydrogens (tertiary/aromatic N) is 1. The van der Waals surface area contributed by atoms with E-state index >= 15 is 0 Å². The van der Waals surface area contributed by atoms with Crippen molar-refractivity contribution in [3.63, 3.8) is 0 Å². The summed E-state index contributed by atoms with van der Waals surface area (Å²) in [6.07, 6.45) is 4.22. The molecule has 0 bridgehead atoms. The number of unbranched alkanes of at least 4 members (excludes halogenated alkanes) is 1. The number of carbonyl (C=O) groups is 1. The van der Waals surface area contributed by atoms with Crippen LogP contribution in [0.4, 0.5) is 0 Å². The molecule has 0 radical (unpaired) electrons. The van der Waals surface area contributed by atoms with E-state index in [0.717, 1.165) is 38.3 Å². The number of hydrogen-bond donors (Lipinski definition) is 1. The predicted octanol–water partition coefficient (Wildman–Crippen LogP) is 3.07. The van der Waals surface area contributed by atoms with Crippen molar-refractivity contribution < 1.29 is 9.53 Å². The van der Waals surface area contributed by atoms with Crippen LogP contribution in [-0.2, 0) is 9.53 Å². The second-order valence-electron chi connectivity index (χ2n) is 6.17. The summed E-state index contributed by atoms with van der Waals surface area (Å²) in [4.78, 5) is 14.5. The van der Waals surface area contributed by atoms with Gasteiger partial charge in [-0.15, -0.1) is 0 Å². The van der Waals surface area contributed by atoms with Gasteiger partial charge in [-0.1, -0.05) is 27.2 Å². The molecule has 21 heavy (non-hydrogen) atoms. The van der Waals surface area contributed by atoms with E-state index in [4.69, 9.17) is 4.74 Å². The normalized spacial score (nSPS) is 15.8. The summed E-state index contributed by atoms with van der Waals surface area (Å²) in [5, 5.41) is 3.12. The molecular formula is C17H36N2O2. The SMILES string of the molecule is CCOC(=O)C(C)(CCCCN(CC)CC(C)CC)NC. The van der Waals surface area contributed by atoms with Crippen molar-refractivity contribution in [2.24, 2.45) is 5.92 Å². The number of esters is 1. The Kier molecular flexibility index (Phi) is 10.7. The summed E-state index contributed by atoms with van der Waals surface area (Å²) in [5.74, 6) is 0.617. The van der Waals surface area contributed by atoms with Gasteiger partial charge in [0.2, 0.25) is 0 Å². The van der Waals surface area contributed by atoms with Crippen LogP contribution in [0.3, 0.4) is 0 Å². The Labute approximate surface area is 131 Å². The van der Waals surface area contributed by atoms with Crippen LogP contribution in [0.25, 0.3) is 0 Å². The van der Waals surface area contributed by atoms with Gasteiger partial charge in [0.25, 0.3) is 0 Å². The molecule has 0 aliphatic rings. The Morgan fingerprint density at radius 3 is 2.43 bits per heavy atom. The van der Waals surface area contributed by atoms with Crippen molar-refractivity contribution in [2.75, 3.05) is 33.3 Å². The van der Waals surface area contributed by atoms with Gasteiger partial charge in [-0.25, -0.2) is 0 Å². The summed E-state index contributed by atoms with van der Waals surface area (Å²) >= 11 is 0. The van der Waals surface area contributed by atoms with E-state index in [1.54, 1.807) is 0 Å². The van der Waals surface area contributed by atoms with Crippen LogP contribution in [0, 0.1) is 5.92 Å². The first-order valence-corrected chi connectivity index (χ1v) is 8.51. The molecule has 2 unspecified atom stereocenters. The van der Waals surface area contributed by atoms with Crippen molar-refractivity contribution in [1.82, 2.24) is 10.2 Å². The zero-order chi connectivity index (χ0) is 16.3. The molecule has 0 aliphatic carbocycles. The molecule has 0 saturated carbocycles. The first kappa shape index (κ1) is 20.4. The molecule has 0 heterocycles. The van der Waals surface area contributed by atoms with Crippen LogP contribution >= 0.6 is 0 Å². The van der Waals surface area contributed by atoms with Gasteiger partial charge >= 0.3 is 5.97 Å². The van der Waals surface area contributed by atoms with Crippen molar-refractivity contribution in [2.45, 2.75) is 65.8 Å². The van der Waals surface area contributed by atoms with E-state index in [1.165, 1.54) is 13.0 Å². The van der Waals surface area contributed by atoms with E-state index < -0.39 is 5.54 Å². The smallest absolute Gasteiger partial charge is 0.326 e. The third-order valence-corrected chi connectivity index (χ3v) is 4.39. The lowest BCUT2D eigenvalue weighted by Gasteiger charge is -2.28. The Balaban J connectivity index is 4.12. The standard InChI is InChI=1S/C17H36N2O2/c1-7-15(4)14-19(8-2)13-11-10-12-17(5,18-6)16(20)21-9-3/h15,18H,7-14H2,1-6H3. The lowest BCUT2D eigenvalue weighted by atomic mass is 9.95. The molecule has 0 aliphatic heterocycles. The molecule has 0 fully saturated rings. The monoisotopic (exact) mass is 300 g/mol. The van der Waals surface area contributed by atoms with Gasteiger partial charge in [-0.3, -0.25) is 4.79 Å². The maximum atomic E-state index is 12.0. The number of rotatable bonds is 12. The lowest BCUT2D eigenvalue weighted by Crippen LogP contribution is -2.48. The van der Waals surface area contributed by atoms with Crippen LogP contribution in [-0.4, -0.2) is 49.7 Å². The molecule has 1 N–H and O–H groups in total. The van der Waals surface area contributed by atoms with Crippen molar-refractivity contribution in [3.8, 4) is 0 Å². The van der Waals surface area contributed by atoms with E-state index in [0.29, 0.717) is 6.61 Å². The highest BCUT2D eigenvalue weighted by Crippen LogP contribution is 2.16. The molecule has 0 spiro atoms. The Hall–Kier alpha value is -0.610. The molecule has 2 atom stereocenters. The van der Waals surface area contributed by atoms with Crippen molar-refractivity contribution >= 4 is 5.97 Å². The molecular weight excluding hydrogens is 264 g/mol. The van der Waals surface area contributed by atoms with E-state index in [2.05, 4.69) is 31.0 Å². The molecule has 0 saturated heterocycles. The van der Waals surface area contributed by atoms with Crippen molar-refractivity contribution in [3.05, 3.63) is 0 Å². The van der Waals surface area contributed by atoms with Gasteiger partial charge in [-0.2, -0.15) is 0 Å². The van der Waals surface area contributed by atoms with Gasteiger partial charge in [0, 0.05) is 6.54 Å². The number of carbonyl (C=O) groups excluding carboxylic acids is 1. The molecule has 4 heteroatoms. The number of ether oxygens (including phenoxy) is 1. The predicted molar refractivity (Wildman–Crippen MR) is 89.5 cm³/mol. The van der Waals surface area contributed by atoms with Crippen LogP contribution in [0.2, 0.25) is 0 Å². The first-order valence-electron chi connectivity index (χ1n) is 8.51. The second-order valence-corrected chi connectivity index (χ2v) is 6.17. The second kappa shape index (κ2) is 11.0. The molecule has 0 rings (SSSR count). The largest absolute Gasteiger partial charge is 0.465 e. The third-order valence-electron chi connectivity index (χ3n) is 4.39. The van der Waals surface area contributed by atoms with Gasteiger partial charge in [-0.05, 0) is 59.2 Å². The quantitative estimate of drug-likeness (QED) is 0.444. The highest BCUT2D eigenvalue weighted by atomic mass is 16.5. The number of hydrogen-bond acceptors (Lipinski definition) is 4. The zero-order valence-corrected chi connectivity index (χ0v) is 15.0. The number of nitrogens with one attached hydrogen (secondary N) is 1. The summed E-state index contributed by atoms with van der Waals surface area (Å²) in [6.45, 7) is 14.4. The minimum Gasteiger partial charge on any atom is -0.465 e. The lowest BCUT2D eigenvalue weighted by molar-refractivity contribution is -0.150. The fraction of sp³-hybridized carbons (Fsp3) is 0.941. The fourth-order valence-electron chi connectivity index (χ4n) is 2.38. The topological polar surface area (TPSA) is 41.6 Å². The third kappa shape index (κ3) is 7.82. The summed E-state index contributed by atoms with van der Waals surface area (Å²) < 4.78 is 5.15. The average Bonchev–Trinajstić information content (AvgIpc) is 2.49. The van der Waals surface area contributed by atoms with Gasteiger partial charge < -0.3 is 15.0 Å². The molecule has 0 aromatic heterocycles. The van der Waals surface area contributed by atoms with Crippen LogP contribution in [0.1, 0.15) is 60.3 Å². The van der Waals surface area contributed by atoms with Gasteiger partial charge in [0.05, 0.1) is 6.61 Å². The van der Waals surface area contributed by atoms with Crippen LogP contribution < -0.4 is 5.32 Å². The molecule has 0 aromatic rings. The molecule has 4 nitrogen and oxygen atoms in total. The fourth-order valence-corrected chi connectivity index (χ4v) is 2.38. The average molecular weight is 300 g/mol. The minimum absolute atomic E-state index is 0.139. The molecule has 126 valence electrons. The van der Waals surface area contributed by atoms with E-state index in [1.807, 2.05) is 20.9 Å². The molecule has 0 amide bonds. The first-order chi connectivity index (χ1) is 9.93. The summed E-state index contributed by atoms with van der Waals surface area (Å²) in [5.41, 5.74) is -0.552. The minimum atomic E-state index is -0.552. The zero-order valence-electron chi connectivity index (χ0n) is 15.0.